The van der Waals surface area contributed by atoms with Gasteiger partial charge in [0.2, 0.25) is 5.91 Å². The SMILES string of the molecule is C=CCCCCCC(CCC(=O)NCC)S(=O)(=O)O. The van der Waals surface area contributed by atoms with E-state index in [1.807, 2.05) is 6.08 Å². The molecule has 0 aromatic rings. The number of hydrogen-bond acceptors (Lipinski definition) is 3. The van der Waals surface area contributed by atoms with Crippen LogP contribution in [-0.2, 0) is 14.9 Å². The third-order valence-electron chi connectivity index (χ3n) is 2.92. The molecule has 0 saturated heterocycles. The van der Waals surface area contributed by atoms with Crippen molar-refractivity contribution in [1.82, 2.24) is 5.32 Å². The predicted molar refractivity (Wildman–Crippen MR) is 76.5 cm³/mol. The summed E-state index contributed by atoms with van der Waals surface area (Å²) in [5.41, 5.74) is 0. The molecule has 1 amide bonds. The van der Waals surface area contributed by atoms with E-state index >= 15 is 0 Å². The lowest BCUT2D eigenvalue weighted by Crippen LogP contribution is -2.26. The molecule has 1 atom stereocenters. The zero-order chi connectivity index (χ0) is 14.7. The Balaban J connectivity index is 4.11. The normalized spacial score (nSPS) is 12.9. The monoisotopic (exact) mass is 291 g/mol. The number of carbonyl (C=O) groups excluding carboxylic acids is 1. The minimum atomic E-state index is -4.07. The molecule has 0 bridgehead atoms. The van der Waals surface area contributed by atoms with Crippen LogP contribution in [0.2, 0.25) is 0 Å². The van der Waals surface area contributed by atoms with Gasteiger partial charge in [-0.25, -0.2) is 0 Å². The molecule has 1 unspecified atom stereocenters. The fourth-order valence-corrected chi connectivity index (χ4v) is 2.74. The Kier molecular flexibility index (Phi) is 9.51. The summed E-state index contributed by atoms with van der Waals surface area (Å²) in [6, 6.07) is 0. The minimum Gasteiger partial charge on any atom is -0.356 e. The number of allylic oxidation sites excluding steroid dienone is 1. The van der Waals surface area contributed by atoms with Gasteiger partial charge in [0.05, 0.1) is 5.25 Å². The smallest absolute Gasteiger partial charge is 0.267 e. The van der Waals surface area contributed by atoms with Crippen molar-refractivity contribution in [2.75, 3.05) is 6.54 Å². The maximum absolute atomic E-state index is 11.3. The van der Waals surface area contributed by atoms with Crippen LogP contribution in [0.4, 0.5) is 0 Å². The Morgan fingerprint density at radius 3 is 2.53 bits per heavy atom. The summed E-state index contributed by atoms with van der Waals surface area (Å²) >= 11 is 0. The van der Waals surface area contributed by atoms with Crippen molar-refractivity contribution in [3.05, 3.63) is 12.7 Å². The van der Waals surface area contributed by atoms with Crippen LogP contribution in [0.3, 0.4) is 0 Å². The number of carbonyl (C=O) groups is 1. The largest absolute Gasteiger partial charge is 0.356 e. The molecule has 19 heavy (non-hydrogen) atoms. The molecule has 0 heterocycles. The number of nitrogens with one attached hydrogen (secondary N) is 1. The summed E-state index contributed by atoms with van der Waals surface area (Å²) in [7, 11) is -4.07. The van der Waals surface area contributed by atoms with Crippen molar-refractivity contribution in [1.29, 1.82) is 0 Å². The summed E-state index contributed by atoms with van der Waals surface area (Å²) in [6.07, 6.45) is 6.04. The van der Waals surface area contributed by atoms with Gasteiger partial charge in [0.15, 0.2) is 0 Å². The zero-order valence-electron chi connectivity index (χ0n) is 11.6. The highest BCUT2D eigenvalue weighted by Crippen LogP contribution is 2.16. The average Bonchev–Trinajstić information content (AvgIpc) is 2.31. The molecule has 112 valence electrons. The zero-order valence-corrected chi connectivity index (χ0v) is 12.4. The second-order valence-electron chi connectivity index (χ2n) is 4.56. The quantitative estimate of drug-likeness (QED) is 0.347. The molecule has 0 aliphatic carbocycles. The van der Waals surface area contributed by atoms with Gasteiger partial charge in [0.1, 0.15) is 0 Å². The first-order chi connectivity index (χ1) is 8.91. The van der Waals surface area contributed by atoms with Crippen LogP contribution >= 0.6 is 0 Å². The van der Waals surface area contributed by atoms with Crippen molar-refractivity contribution in [2.24, 2.45) is 0 Å². The van der Waals surface area contributed by atoms with E-state index in [9.17, 15) is 13.2 Å². The van der Waals surface area contributed by atoms with Gasteiger partial charge in [-0.05, 0) is 32.6 Å². The van der Waals surface area contributed by atoms with Crippen LogP contribution in [0.25, 0.3) is 0 Å². The van der Waals surface area contributed by atoms with E-state index in [0.717, 1.165) is 25.7 Å². The second kappa shape index (κ2) is 9.97. The molecule has 0 aliphatic rings. The molecular weight excluding hydrogens is 266 g/mol. The van der Waals surface area contributed by atoms with Gasteiger partial charge >= 0.3 is 0 Å². The molecule has 6 heteroatoms. The van der Waals surface area contributed by atoms with E-state index in [-0.39, 0.29) is 18.7 Å². The molecule has 2 N–H and O–H groups in total. The molecule has 0 fully saturated rings. The highest BCUT2D eigenvalue weighted by atomic mass is 32.2. The Morgan fingerprint density at radius 2 is 2.00 bits per heavy atom. The molecule has 0 aromatic carbocycles. The van der Waals surface area contributed by atoms with Crippen molar-refractivity contribution < 1.29 is 17.8 Å². The lowest BCUT2D eigenvalue weighted by atomic mass is 10.1. The predicted octanol–water partition coefficient (Wildman–Crippen LogP) is 2.30. The van der Waals surface area contributed by atoms with E-state index in [1.165, 1.54) is 0 Å². The third-order valence-corrected chi connectivity index (χ3v) is 4.24. The Morgan fingerprint density at radius 1 is 1.32 bits per heavy atom. The Hall–Kier alpha value is -0.880. The number of unbranched alkanes of at least 4 members (excludes halogenated alkanes) is 3. The van der Waals surface area contributed by atoms with Crippen LogP contribution in [0, 0.1) is 0 Å². The Labute approximate surface area is 116 Å². The number of amides is 1. The van der Waals surface area contributed by atoms with Gasteiger partial charge < -0.3 is 5.32 Å². The summed E-state index contributed by atoms with van der Waals surface area (Å²) in [4.78, 5) is 11.3. The van der Waals surface area contributed by atoms with E-state index in [2.05, 4.69) is 11.9 Å². The highest BCUT2D eigenvalue weighted by Gasteiger charge is 2.23. The van der Waals surface area contributed by atoms with Gasteiger partial charge in [-0.15, -0.1) is 6.58 Å². The van der Waals surface area contributed by atoms with Crippen molar-refractivity contribution >= 4 is 16.0 Å². The van der Waals surface area contributed by atoms with E-state index < -0.39 is 15.4 Å². The average molecular weight is 291 g/mol. The highest BCUT2D eigenvalue weighted by molar-refractivity contribution is 7.86. The van der Waals surface area contributed by atoms with E-state index in [4.69, 9.17) is 4.55 Å². The summed E-state index contributed by atoms with van der Waals surface area (Å²) in [5.74, 6) is -0.178. The lowest BCUT2D eigenvalue weighted by Gasteiger charge is -2.13. The summed E-state index contributed by atoms with van der Waals surface area (Å²) < 4.78 is 31.6. The first-order valence-corrected chi connectivity index (χ1v) is 8.26. The van der Waals surface area contributed by atoms with Gasteiger partial charge in [-0.1, -0.05) is 18.9 Å². The lowest BCUT2D eigenvalue weighted by molar-refractivity contribution is -0.121. The van der Waals surface area contributed by atoms with Crippen LogP contribution in [0.5, 0.6) is 0 Å². The van der Waals surface area contributed by atoms with Gasteiger partial charge in [-0.3, -0.25) is 9.35 Å². The molecular formula is C13H25NO4S. The van der Waals surface area contributed by atoms with Crippen molar-refractivity contribution in [3.63, 3.8) is 0 Å². The van der Waals surface area contributed by atoms with Gasteiger partial charge in [0.25, 0.3) is 10.1 Å². The van der Waals surface area contributed by atoms with Gasteiger partial charge in [0, 0.05) is 13.0 Å². The van der Waals surface area contributed by atoms with E-state index in [0.29, 0.717) is 13.0 Å². The topological polar surface area (TPSA) is 83.5 Å². The summed E-state index contributed by atoms with van der Waals surface area (Å²) in [5, 5.41) is 1.78. The van der Waals surface area contributed by atoms with Crippen LogP contribution in [0.1, 0.15) is 51.9 Å². The van der Waals surface area contributed by atoms with E-state index in [1.54, 1.807) is 6.92 Å². The molecule has 0 rings (SSSR count). The molecule has 5 nitrogen and oxygen atoms in total. The minimum absolute atomic E-state index is 0.130. The fraction of sp³-hybridized carbons (Fsp3) is 0.769. The molecule has 0 saturated carbocycles. The maximum Gasteiger partial charge on any atom is 0.267 e. The van der Waals surface area contributed by atoms with Crippen molar-refractivity contribution in [2.45, 2.75) is 57.1 Å². The number of rotatable bonds is 11. The number of hydrogen-bond donors (Lipinski definition) is 2. The second-order valence-corrected chi connectivity index (χ2v) is 6.25. The van der Waals surface area contributed by atoms with Gasteiger partial charge in [-0.2, -0.15) is 8.42 Å². The van der Waals surface area contributed by atoms with Crippen LogP contribution < -0.4 is 5.32 Å². The maximum atomic E-state index is 11.3. The first-order valence-electron chi connectivity index (χ1n) is 6.75. The van der Waals surface area contributed by atoms with Crippen LogP contribution in [-0.4, -0.2) is 30.7 Å². The molecule has 0 radical (unpaired) electrons. The van der Waals surface area contributed by atoms with Crippen LogP contribution in [0.15, 0.2) is 12.7 Å². The molecule has 0 aromatic heterocycles. The molecule has 0 aliphatic heterocycles. The first kappa shape index (κ1) is 18.1. The Bertz CT molecular complexity index is 365. The van der Waals surface area contributed by atoms with Crippen molar-refractivity contribution in [3.8, 4) is 0 Å². The standard InChI is InChI=1S/C13H25NO4S/c1-3-5-6-7-8-9-12(19(16,17)18)10-11-13(15)14-4-2/h3,12H,1,4-11H2,2H3,(H,14,15)(H,16,17,18). The molecule has 0 spiro atoms. The third kappa shape index (κ3) is 9.67. The summed E-state index contributed by atoms with van der Waals surface area (Å²) in [6.45, 7) is 5.95. The fourth-order valence-electron chi connectivity index (χ4n) is 1.86.